The first-order valence-corrected chi connectivity index (χ1v) is 9.96. The van der Waals surface area contributed by atoms with E-state index < -0.39 is 0 Å². The quantitative estimate of drug-likeness (QED) is 0.824. The maximum atomic E-state index is 4.68. The molecule has 0 unspecified atom stereocenters. The van der Waals surface area contributed by atoms with Crippen molar-refractivity contribution in [1.29, 1.82) is 0 Å². The zero-order valence-corrected chi connectivity index (χ0v) is 16.2. The number of aromatic amines is 1. The third kappa shape index (κ3) is 3.83. The molecule has 26 heavy (non-hydrogen) atoms. The highest BCUT2D eigenvalue weighted by molar-refractivity contribution is 5.13. The first-order valence-electron chi connectivity index (χ1n) is 9.96. The van der Waals surface area contributed by atoms with Gasteiger partial charge in [-0.05, 0) is 51.7 Å². The van der Waals surface area contributed by atoms with Crippen LogP contribution in [0.25, 0.3) is 0 Å². The maximum absolute atomic E-state index is 4.68. The van der Waals surface area contributed by atoms with Crippen LogP contribution in [0.15, 0.2) is 12.4 Å². The number of piperidine rings is 1. The van der Waals surface area contributed by atoms with E-state index in [4.69, 9.17) is 0 Å². The van der Waals surface area contributed by atoms with Crippen molar-refractivity contribution < 1.29 is 0 Å². The molecule has 1 saturated heterocycles. The van der Waals surface area contributed by atoms with E-state index in [0.717, 1.165) is 31.3 Å². The number of aromatic nitrogens is 5. The fraction of sp³-hybridized carbons (Fsp3) is 0.737. The lowest BCUT2D eigenvalue weighted by Gasteiger charge is -2.42. The minimum absolute atomic E-state index is 0.460. The molecule has 7 heteroatoms. The summed E-state index contributed by atoms with van der Waals surface area (Å²) in [7, 11) is 4.20. The van der Waals surface area contributed by atoms with E-state index in [0.29, 0.717) is 17.9 Å². The number of rotatable bonds is 7. The summed E-state index contributed by atoms with van der Waals surface area (Å²) in [6, 6.07) is 0.460. The molecule has 1 aliphatic heterocycles. The molecule has 2 atom stereocenters. The Kier molecular flexibility index (Phi) is 5.09. The van der Waals surface area contributed by atoms with Gasteiger partial charge in [0.1, 0.15) is 5.82 Å². The van der Waals surface area contributed by atoms with Crippen LogP contribution in [-0.4, -0.2) is 61.4 Å². The van der Waals surface area contributed by atoms with E-state index in [1.165, 1.54) is 37.8 Å². The molecule has 7 nitrogen and oxygen atoms in total. The van der Waals surface area contributed by atoms with Gasteiger partial charge in [0.2, 0.25) is 0 Å². The van der Waals surface area contributed by atoms with Crippen LogP contribution in [0.3, 0.4) is 0 Å². The molecular weight excluding hydrogens is 326 g/mol. The zero-order chi connectivity index (χ0) is 18.1. The van der Waals surface area contributed by atoms with Gasteiger partial charge >= 0.3 is 0 Å². The lowest BCUT2D eigenvalue weighted by atomic mass is 9.85. The van der Waals surface area contributed by atoms with Gasteiger partial charge in [-0.1, -0.05) is 6.92 Å². The molecular formula is C19H31N7. The summed E-state index contributed by atoms with van der Waals surface area (Å²) in [5.41, 5.74) is 1.35. The first kappa shape index (κ1) is 17.7. The third-order valence-corrected chi connectivity index (χ3v) is 5.79. The summed E-state index contributed by atoms with van der Waals surface area (Å²) in [5.74, 6) is 3.23. The van der Waals surface area contributed by atoms with Gasteiger partial charge < -0.3 is 0 Å². The molecule has 1 N–H and O–H groups in total. The number of aryl methyl sites for hydroxylation is 1. The molecule has 0 amide bonds. The van der Waals surface area contributed by atoms with Gasteiger partial charge in [0.25, 0.3) is 0 Å². The molecule has 2 aromatic heterocycles. The molecule has 2 fully saturated rings. The Morgan fingerprint density at radius 1 is 1.31 bits per heavy atom. The molecule has 2 aromatic rings. The number of H-pyrrole nitrogens is 1. The fourth-order valence-corrected chi connectivity index (χ4v) is 4.40. The Morgan fingerprint density at radius 3 is 2.85 bits per heavy atom. The van der Waals surface area contributed by atoms with E-state index in [9.17, 15) is 0 Å². The Hall–Kier alpha value is -1.73. The predicted octanol–water partition coefficient (Wildman–Crippen LogP) is 2.32. The molecule has 3 heterocycles. The normalized spacial score (nSPS) is 24.5. The van der Waals surface area contributed by atoms with E-state index in [-0.39, 0.29) is 0 Å². The summed E-state index contributed by atoms with van der Waals surface area (Å²) >= 11 is 0. The molecule has 0 bridgehead atoms. The van der Waals surface area contributed by atoms with Gasteiger partial charge in [-0.25, -0.2) is 4.98 Å². The number of nitrogens with zero attached hydrogens (tertiary/aromatic N) is 6. The van der Waals surface area contributed by atoms with Crippen LogP contribution >= 0.6 is 0 Å². The van der Waals surface area contributed by atoms with E-state index >= 15 is 0 Å². The van der Waals surface area contributed by atoms with Gasteiger partial charge in [0, 0.05) is 37.3 Å². The van der Waals surface area contributed by atoms with Crippen molar-refractivity contribution in [3.05, 3.63) is 29.6 Å². The Balaban J connectivity index is 1.43. The van der Waals surface area contributed by atoms with Crippen molar-refractivity contribution in [2.75, 3.05) is 26.7 Å². The number of nitrogens with one attached hydrogen (secondary N) is 1. The Morgan fingerprint density at radius 2 is 2.15 bits per heavy atom. The molecule has 142 valence electrons. The van der Waals surface area contributed by atoms with Crippen LogP contribution in [-0.2, 0) is 13.6 Å². The van der Waals surface area contributed by atoms with Crippen molar-refractivity contribution in [2.24, 2.45) is 13.0 Å². The molecule has 1 saturated carbocycles. The van der Waals surface area contributed by atoms with Crippen molar-refractivity contribution in [3.8, 4) is 0 Å². The summed E-state index contributed by atoms with van der Waals surface area (Å²) in [6.45, 7) is 6.44. The third-order valence-electron chi connectivity index (χ3n) is 5.79. The van der Waals surface area contributed by atoms with Crippen LogP contribution in [0.1, 0.15) is 61.8 Å². The molecule has 0 radical (unpaired) electrons. The highest BCUT2D eigenvalue weighted by Crippen LogP contribution is 2.38. The SMILES string of the molecule is CCN1CCC[C@@H](CN(C)Cc2nc(C3CC3)n[nH]2)[C@@H]1c1cnn(C)c1. The largest absolute Gasteiger partial charge is 0.299 e. The molecule has 2 aliphatic rings. The Bertz CT molecular complexity index is 717. The van der Waals surface area contributed by atoms with E-state index in [2.05, 4.69) is 50.2 Å². The van der Waals surface area contributed by atoms with E-state index in [1.54, 1.807) is 0 Å². The van der Waals surface area contributed by atoms with Gasteiger partial charge in [0.15, 0.2) is 5.82 Å². The first-order chi connectivity index (χ1) is 12.6. The average Bonchev–Trinajstić information content (AvgIpc) is 3.23. The fourth-order valence-electron chi connectivity index (χ4n) is 4.40. The van der Waals surface area contributed by atoms with E-state index in [1.807, 2.05) is 17.9 Å². The van der Waals surface area contributed by atoms with Crippen molar-refractivity contribution >= 4 is 0 Å². The summed E-state index contributed by atoms with van der Waals surface area (Å²) in [4.78, 5) is 9.69. The zero-order valence-electron chi connectivity index (χ0n) is 16.2. The topological polar surface area (TPSA) is 65.9 Å². The minimum atomic E-state index is 0.460. The average molecular weight is 358 g/mol. The van der Waals surface area contributed by atoms with Gasteiger partial charge in [-0.15, -0.1) is 0 Å². The van der Waals surface area contributed by atoms with Gasteiger partial charge in [0.05, 0.1) is 12.7 Å². The second-order valence-electron chi connectivity index (χ2n) is 8.03. The summed E-state index contributed by atoms with van der Waals surface area (Å²) < 4.78 is 1.92. The molecule has 0 spiro atoms. The Labute approximate surface area is 155 Å². The second-order valence-corrected chi connectivity index (χ2v) is 8.03. The summed E-state index contributed by atoms with van der Waals surface area (Å²) in [5, 5.41) is 11.9. The minimum Gasteiger partial charge on any atom is -0.299 e. The van der Waals surface area contributed by atoms with Crippen molar-refractivity contribution in [3.63, 3.8) is 0 Å². The number of hydrogen-bond acceptors (Lipinski definition) is 5. The lowest BCUT2D eigenvalue weighted by molar-refractivity contribution is 0.0744. The smallest absolute Gasteiger partial charge is 0.153 e. The van der Waals surface area contributed by atoms with Crippen LogP contribution in [0.5, 0.6) is 0 Å². The number of likely N-dealkylation sites (tertiary alicyclic amines) is 1. The summed E-state index contributed by atoms with van der Waals surface area (Å²) in [6.07, 6.45) is 9.26. The molecule has 4 rings (SSSR count). The van der Waals surface area contributed by atoms with Crippen LogP contribution in [0.4, 0.5) is 0 Å². The van der Waals surface area contributed by atoms with Gasteiger partial charge in [-0.3, -0.25) is 19.6 Å². The van der Waals surface area contributed by atoms with Crippen molar-refractivity contribution in [2.45, 2.75) is 51.1 Å². The highest BCUT2D eigenvalue weighted by Gasteiger charge is 2.33. The second kappa shape index (κ2) is 7.48. The van der Waals surface area contributed by atoms with Crippen LogP contribution < -0.4 is 0 Å². The maximum Gasteiger partial charge on any atom is 0.153 e. The monoisotopic (exact) mass is 357 g/mol. The standard InChI is InChI=1S/C19H31N7/c1-4-26-9-5-6-15(18(26)16-10-20-25(3)12-16)11-24(2)13-17-21-19(23-22-17)14-7-8-14/h10,12,14-15,18H,4-9,11,13H2,1-3H3,(H,21,22,23)/t15-,18+/m0/s1. The van der Waals surface area contributed by atoms with Gasteiger partial charge in [-0.2, -0.15) is 10.2 Å². The van der Waals surface area contributed by atoms with Crippen LogP contribution in [0, 0.1) is 5.92 Å². The molecule has 1 aliphatic carbocycles. The lowest BCUT2D eigenvalue weighted by Crippen LogP contribution is -2.42. The predicted molar refractivity (Wildman–Crippen MR) is 101 cm³/mol. The van der Waals surface area contributed by atoms with Crippen LogP contribution in [0.2, 0.25) is 0 Å². The highest BCUT2D eigenvalue weighted by atomic mass is 15.3. The molecule has 0 aromatic carbocycles. The number of hydrogen-bond donors (Lipinski definition) is 1. The van der Waals surface area contributed by atoms with Crippen molar-refractivity contribution in [1.82, 2.24) is 34.8 Å².